The molecular formula is C10H12N4O2. The summed E-state index contributed by atoms with van der Waals surface area (Å²) < 4.78 is 5.01. The third-order valence-electron chi connectivity index (χ3n) is 2.67. The summed E-state index contributed by atoms with van der Waals surface area (Å²) in [5.41, 5.74) is 3.75. The normalized spacial score (nSPS) is 20.6. The Labute approximate surface area is 92.4 Å². The van der Waals surface area contributed by atoms with Gasteiger partial charge in [0, 0.05) is 0 Å². The van der Waals surface area contributed by atoms with Crippen LogP contribution in [0.15, 0.2) is 16.9 Å². The van der Waals surface area contributed by atoms with Gasteiger partial charge in [-0.3, -0.25) is 4.79 Å². The van der Waals surface area contributed by atoms with Gasteiger partial charge in [-0.25, -0.2) is 4.98 Å². The third kappa shape index (κ3) is 1.66. The highest BCUT2D eigenvalue weighted by Crippen LogP contribution is 2.35. The second-order valence-corrected chi connectivity index (χ2v) is 4.19. The van der Waals surface area contributed by atoms with Crippen LogP contribution in [0.25, 0.3) is 0 Å². The van der Waals surface area contributed by atoms with Gasteiger partial charge in [-0.2, -0.15) is 5.26 Å². The second kappa shape index (κ2) is 3.32. The first-order valence-corrected chi connectivity index (χ1v) is 4.93. The number of amides is 1. The van der Waals surface area contributed by atoms with E-state index in [1.54, 1.807) is 0 Å². The predicted octanol–water partition coefficient (Wildman–Crippen LogP) is 0.0209. The molecule has 6 nitrogen and oxygen atoms in total. The maximum atomic E-state index is 11.9. The number of carbonyl (C=O) groups excluding carboxylic acids is 1. The van der Waals surface area contributed by atoms with E-state index in [0.29, 0.717) is 12.8 Å². The Morgan fingerprint density at radius 1 is 1.81 bits per heavy atom. The molecule has 1 unspecified atom stereocenters. The Kier molecular flexibility index (Phi) is 2.21. The first-order valence-electron chi connectivity index (χ1n) is 4.93. The molecule has 1 heterocycles. The molecule has 1 aliphatic rings. The molecule has 0 spiro atoms. The highest BCUT2D eigenvalue weighted by Gasteiger charge is 2.48. The maximum Gasteiger partial charge on any atom is 0.250 e. The number of hydrogen-bond donors (Lipinski definition) is 2. The van der Waals surface area contributed by atoms with Crippen molar-refractivity contribution in [3.63, 3.8) is 0 Å². The number of oxazole rings is 1. The van der Waals surface area contributed by atoms with E-state index in [0.717, 1.165) is 0 Å². The van der Waals surface area contributed by atoms with Gasteiger partial charge in [-0.05, 0) is 19.8 Å². The smallest absolute Gasteiger partial charge is 0.250 e. The summed E-state index contributed by atoms with van der Waals surface area (Å²) in [6.45, 7) is 1.50. The molecule has 1 aliphatic carbocycles. The number of nitrogens with two attached hydrogens (primary N) is 1. The Hall–Kier alpha value is -1.87. The van der Waals surface area contributed by atoms with E-state index in [1.165, 1.54) is 19.4 Å². The van der Waals surface area contributed by atoms with Crippen molar-refractivity contribution in [3.05, 3.63) is 18.4 Å². The molecule has 1 amide bonds. The van der Waals surface area contributed by atoms with Gasteiger partial charge < -0.3 is 15.5 Å². The van der Waals surface area contributed by atoms with Crippen LogP contribution in [0, 0.1) is 11.3 Å². The fourth-order valence-electron chi connectivity index (χ4n) is 1.31. The molecule has 0 saturated heterocycles. The minimum atomic E-state index is -1.35. The average molecular weight is 220 g/mol. The Morgan fingerprint density at radius 2 is 2.50 bits per heavy atom. The monoisotopic (exact) mass is 220 g/mol. The predicted molar refractivity (Wildman–Crippen MR) is 53.8 cm³/mol. The van der Waals surface area contributed by atoms with Crippen LogP contribution in [-0.4, -0.2) is 16.4 Å². The van der Waals surface area contributed by atoms with Crippen LogP contribution in [-0.2, 0) is 10.3 Å². The largest absolute Gasteiger partial charge is 0.446 e. The summed E-state index contributed by atoms with van der Waals surface area (Å²) in [7, 11) is 0. The van der Waals surface area contributed by atoms with E-state index in [4.69, 9.17) is 15.4 Å². The lowest BCUT2D eigenvalue weighted by molar-refractivity contribution is -0.127. The van der Waals surface area contributed by atoms with E-state index in [9.17, 15) is 4.79 Å². The fraction of sp³-hybridized carbons (Fsp3) is 0.500. The molecule has 0 aromatic carbocycles. The van der Waals surface area contributed by atoms with Crippen LogP contribution in [0.1, 0.15) is 25.7 Å². The molecule has 1 atom stereocenters. The van der Waals surface area contributed by atoms with Crippen molar-refractivity contribution in [2.45, 2.75) is 30.8 Å². The maximum absolute atomic E-state index is 11.9. The summed E-state index contributed by atoms with van der Waals surface area (Å²) in [5.74, 6) is -0.312. The van der Waals surface area contributed by atoms with E-state index < -0.39 is 17.0 Å². The Bertz CT molecular complexity index is 440. The highest BCUT2D eigenvalue weighted by atomic mass is 16.3. The SMILES string of the molecule is CC(N)(C(=O)NC1(C#N)CC1)c1ncco1. The fourth-order valence-corrected chi connectivity index (χ4v) is 1.31. The molecule has 84 valence electrons. The summed E-state index contributed by atoms with van der Waals surface area (Å²) in [6.07, 6.45) is 4.10. The van der Waals surface area contributed by atoms with Gasteiger partial charge in [0.25, 0.3) is 5.91 Å². The van der Waals surface area contributed by atoms with Gasteiger partial charge in [0.2, 0.25) is 5.89 Å². The van der Waals surface area contributed by atoms with Crippen molar-refractivity contribution in [3.8, 4) is 6.07 Å². The quantitative estimate of drug-likeness (QED) is 0.747. The van der Waals surface area contributed by atoms with Crippen molar-refractivity contribution < 1.29 is 9.21 Å². The van der Waals surface area contributed by atoms with Gasteiger partial charge in [-0.15, -0.1) is 0 Å². The molecule has 1 aromatic heterocycles. The lowest BCUT2D eigenvalue weighted by Gasteiger charge is -2.21. The van der Waals surface area contributed by atoms with Crippen molar-refractivity contribution in [2.24, 2.45) is 5.73 Å². The molecule has 0 bridgehead atoms. The summed E-state index contributed by atoms with van der Waals surface area (Å²) >= 11 is 0. The van der Waals surface area contributed by atoms with Crippen LogP contribution in [0.5, 0.6) is 0 Å². The zero-order valence-corrected chi connectivity index (χ0v) is 8.86. The van der Waals surface area contributed by atoms with Gasteiger partial charge in [0.1, 0.15) is 11.8 Å². The molecule has 3 N–H and O–H groups in total. The first kappa shape index (κ1) is 10.6. The van der Waals surface area contributed by atoms with E-state index in [2.05, 4.69) is 16.4 Å². The minimum Gasteiger partial charge on any atom is -0.446 e. The van der Waals surface area contributed by atoms with Crippen LogP contribution >= 0.6 is 0 Å². The summed E-state index contributed by atoms with van der Waals surface area (Å²) in [4.78, 5) is 15.7. The zero-order chi connectivity index (χ0) is 11.8. The molecule has 2 rings (SSSR count). The lowest BCUT2D eigenvalue weighted by Crippen LogP contribution is -2.52. The van der Waals surface area contributed by atoms with Crippen LogP contribution in [0.2, 0.25) is 0 Å². The van der Waals surface area contributed by atoms with Crippen molar-refractivity contribution in [1.82, 2.24) is 10.3 Å². The Morgan fingerprint density at radius 3 is 2.94 bits per heavy atom. The molecule has 1 fully saturated rings. The van der Waals surface area contributed by atoms with E-state index >= 15 is 0 Å². The molecule has 1 aromatic rings. The molecule has 0 radical (unpaired) electrons. The standard InChI is InChI=1S/C10H12N4O2/c1-9(12,8-13-4-5-16-8)7(15)14-10(6-11)2-3-10/h4-5H,2-3,12H2,1H3,(H,14,15). The number of nitrogens with zero attached hydrogens (tertiary/aromatic N) is 2. The number of aromatic nitrogens is 1. The number of hydrogen-bond acceptors (Lipinski definition) is 5. The minimum absolute atomic E-state index is 0.138. The number of nitriles is 1. The molecule has 1 saturated carbocycles. The molecule has 16 heavy (non-hydrogen) atoms. The van der Waals surface area contributed by atoms with Crippen LogP contribution < -0.4 is 11.1 Å². The van der Waals surface area contributed by atoms with Crippen LogP contribution in [0.3, 0.4) is 0 Å². The number of carbonyl (C=O) groups is 1. The summed E-state index contributed by atoms with van der Waals surface area (Å²) in [6, 6.07) is 2.06. The highest BCUT2D eigenvalue weighted by molar-refractivity contribution is 5.87. The van der Waals surface area contributed by atoms with Gasteiger partial charge >= 0.3 is 0 Å². The second-order valence-electron chi connectivity index (χ2n) is 4.19. The molecular weight excluding hydrogens is 208 g/mol. The topological polar surface area (TPSA) is 105 Å². The van der Waals surface area contributed by atoms with Crippen molar-refractivity contribution in [1.29, 1.82) is 5.26 Å². The van der Waals surface area contributed by atoms with E-state index in [-0.39, 0.29) is 5.89 Å². The van der Waals surface area contributed by atoms with Gasteiger partial charge in [0.15, 0.2) is 5.54 Å². The Balaban J connectivity index is 2.13. The van der Waals surface area contributed by atoms with Gasteiger partial charge in [-0.1, -0.05) is 0 Å². The average Bonchev–Trinajstić information content (AvgIpc) is 2.81. The van der Waals surface area contributed by atoms with Gasteiger partial charge in [0.05, 0.1) is 12.3 Å². The lowest BCUT2D eigenvalue weighted by atomic mass is 10.0. The van der Waals surface area contributed by atoms with E-state index in [1.807, 2.05) is 0 Å². The first-order chi connectivity index (χ1) is 7.50. The van der Waals surface area contributed by atoms with Crippen molar-refractivity contribution in [2.75, 3.05) is 0 Å². The molecule has 0 aliphatic heterocycles. The zero-order valence-electron chi connectivity index (χ0n) is 8.86. The van der Waals surface area contributed by atoms with Crippen molar-refractivity contribution >= 4 is 5.91 Å². The number of rotatable bonds is 3. The molecule has 6 heteroatoms. The number of nitrogens with one attached hydrogen (secondary N) is 1. The van der Waals surface area contributed by atoms with Crippen LogP contribution in [0.4, 0.5) is 0 Å². The third-order valence-corrected chi connectivity index (χ3v) is 2.67. The summed E-state index contributed by atoms with van der Waals surface area (Å²) in [5, 5.41) is 11.5.